The fourth-order valence-electron chi connectivity index (χ4n) is 2.54. The Kier molecular flexibility index (Phi) is 2.78. The van der Waals surface area contributed by atoms with E-state index < -0.39 is 0 Å². The normalized spacial score (nSPS) is 12.4. The zero-order valence-corrected chi connectivity index (χ0v) is 11.5. The van der Waals surface area contributed by atoms with Crippen LogP contribution in [0.1, 0.15) is 30.5 Å². The average Bonchev–Trinajstić information content (AvgIpc) is 2.64. The molecular weight excluding hydrogens is 208 g/mol. The second-order valence-electron chi connectivity index (χ2n) is 5.66. The van der Waals surface area contributed by atoms with Crippen LogP contribution < -0.4 is 5.73 Å². The van der Waals surface area contributed by atoms with Crippen LogP contribution in [0.2, 0.25) is 0 Å². The molecule has 2 rings (SSSR count). The molecule has 2 heteroatoms. The molecular formula is C15H22N2. The van der Waals surface area contributed by atoms with E-state index in [9.17, 15) is 0 Å². The summed E-state index contributed by atoms with van der Waals surface area (Å²) in [5.74, 6) is 0. The number of rotatable bonds is 2. The Labute approximate surface area is 103 Å². The van der Waals surface area contributed by atoms with Crippen LogP contribution in [0.4, 0.5) is 0 Å². The van der Waals surface area contributed by atoms with E-state index in [-0.39, 0.29) is 5.41 Å². The van der Waals surface area contributed by atoms with Gasteiger partial charge in [-0.05, 0) is 30.5 Å². The number of aromatic nitrogens is 1. The maximum absolute atomic E-state index is 5.92. The minimum Gasteiger partial charge on any atom is -0.350 e. The lowest BCUT2D eigenvalue weighted by atomic mass is 9.83. The van der Waals surface area contributed by atoms with Crippen LogP contribution in [0.3, 0.4) is 0 Å². The molecule has 17 heavy (non-hydrogen) atoms. The summed E-state index contributed by atoms with van der Waals surface area (Å²) >= 11 is 0. The van der Waals surface area contributed by atoms with E-state index in [0.717, 1.165) is 0 Å². The van der Waals surface area contributed by atoms with Crippen molar-refractivity contribution in [3.05, 3.63) is 35.0 Å². The number of benzene rings is 1. The molecule has 0 fully saturated rings. The van der Waals surface area contributed by atoms with E-state index in [2.05, 4.69) is 57.6 Å². The molecule has 0 unspecified atom stereocenters. The lowest BCUT2D eigenvalue weighted by Gasteiger charge is -2.22. The van der Waals surface area contributed by atoms with Gasteiger partial charge < -0.3 is 10.3 Å². The van der Waals surface area contributed by atoms with Crippen LogP contribution in [-0.4, -0.2) is 11.1 Å². The van der Waals surface area contributed by atoms with Gasteiger partial charge in [0.15, 0.2) is 0 Å². The zero-order chi connectivity index (χ0) is 12.8. The van der Waals surface area contributed by atoms with Crippen molar-refractivity contribution >= 4 is 10.9 Å². The first-order chi connectivity index (χ1) is 7.88. The maximum Gasteiger partial charge on any atom is 0.0513 e. The van der Waals surface area contributed by atoms with Crippen molar-refractivity contribution in [1.29, 1.82) is 0 Å². The topological polar surface area (TPSA) is 30.9 Å². The van der Waals surface area contributed by atoms with Crippen LogP contribution in [0.15, 0.2) is 18.3 Å². The van der Waals surface area contributed by atoms with Gasteiger partial charge >= 0.3 is 0 Å². The third-order valence-electron chi connectivity index (χ3n) is 3.77. The molecule has 0 spiro atoms. The first-order valence-corrected chi connectivity index (χ1v) is 6.14. The van der Waals surface area contributed by atoms with Crippen molar-refractivity contribution < 1.29 is 0 Å². The molecule has 2 N–H and O–H groups in total. The zero-order valence-electron chi connectivity index (χ0n) is 11.5. The average molecular weight is 230 g/mol. The predicted octanol–water partition coefficient (Wildman–Crippen LogP) is 3.03. The van der Waals surface area contributed by atoms with Gasteiger partial charge in [0.05, 0.1) is 5.52 Å². The summed E-state index contributed by atoms with van der Waals surface area (Å²) in [7, 11) is 2.12. The summed E-state index contributed by atoms with van der Waals surface area (Å²) in [4.78, 5) is 0. The molecule has 0 aliphatic carbocycles. The van der Waals surface area contributed by atoms with Gasteiger partial charge in [-0.15, -0.1) is 0 Å². The van der Waals surface area contributed by atoms with Gasteiger partial charge in [0, 0.05) is 30.6 Å². The fourth-order valence-corrected chi connectivity index (χ4v) is 2.54. The summed E-state index contributed by atoms with van der Waals surface area (Å²) < 4.78 is 2.23. The molecule has 0 saturated heterocycles. The highest BCUT2D eigenvalue weighted by atomic mass is 14.9. The monoisotopic (exact) mass is 230 g/mol. The van der Waals surface area contributed by atoms with E-state index in [1.54, 1.807) is 0 Å². The summed E-state index contributed by atoms with van der Waals surface area (Å²) in [5.41, 5.74) is 11.3. The van der Waals surface area contributed by atoms with Crippen LogP contribution in [-0.2, 0) is 12.5 Å². The molecule has 2 nitrogen and oxygen atoms in total. The third kappa shape index (κ3) is 1.77. The number of nitrogens with two attached hydrogens (primary N) is 1. The lowest BCUT2D eigenvalue weighted by molar-refractivity contribution is 0.542. The largest absolute Gasteiger partial charge is 0.350 e. The molecule has 1 heterocycles. The minimum absolute atomic E-state index is 0.0259. The van der Waals surface area contributed by atoms with E-state index in [4.69, 9.17) is 5.73 Å². The summed E-state index contributed by atoms with van der Waals surface area (Å²) in [6.45, 7) is 9.44. The van der Waals surface area contributed by atoms with Gasteiger partial charge in [-0.1, -0.05) is 26.0 Å². The third-order valence-corrected chi connectivity index (χ3v) is 3.77. The number of hydrogen-bond donors (Lipinski definition) is 1. The van der Waals surface area contributed by atoms with Crippen LogP contribution in [0.5, 0.6) is 0 Å². The fraction of sp³-hybridized carbons (Fsp3) is 0.467. The second-order valence-corrected chi connectivity index (χ2v) is 5.66. The molecule has 0 atom stereocenters. The Hall–Kier alpha value is -1.28. The number of aryl methyl sites for hydroxylation is 3. The molecule has 0 aliphatic heterocycles. The van der Waals surface area contributed by atoms with Gasteiger partial charge in [-0.2, -0.15) is 0 Å². The first kappa shape index (κ1) is 12.2. The molecule has 0 aliphatic rings. The number of hydrogen-bond acceptors (Lipinski definition) is 1. The van der Waals surface area contributed by atoms with Gasteiger partial charge in [-0.3, -0.25) is 0 Å². The number of fused-ring (bicyclic) bond motifs is 1. The van der Waals surface area contributed by atoms with Gasteiger partial charge in [0.25, 0.3) is 0 Å². The smallest absolute Gasteiger partial charge is 0.0513 e. The summed E-state index contributed by atoms with van der Waals surface area (Å²) in [6.07, 6.45) is 2.23. The van der Waals surface area contributed by atoms with Crippen molar-refractivity contribution in [3.8, 4) is 0 Å². The van der Waals surface area contributed by atoms with Crippen molar-refractivity contribution in [2.75, 3.05) is 6.54 Å². The Morgan fingerprint density at radius 3 is 2.35 bits per heavy atom. The van der Waals surface area contributed by atoms with E-state index >= 15 is 0 Å². The highest BCUT2D eigenvalue weighted by Crippen LogP contribution is 2.34. The standard InChI is InChI=1S/C15H22N2/c1-10-6-7-11(2)14-13(10)12(8-17(14)5)15(3,4)9-16/h6-8H,9,16H2,1-5H3. The highest BCUT2D eigenvalue weighted by Gasteiger charge is 2.24. The first-order valence-electron chi connectivity index (χ1n) is 6.14. The minimum atomic E-state index is 0.0259. The summed E-state index contributed by atoms with van der Waals surface area (Å²) in [6, 6.07) is 4.39. The molecule has 1 aromatic heterocycles. The van der Waals surface area contributed by atoms with Crippen molar-refractivity contribution in [3.63, 3.8) is 0 Å². The molecule has 0 radical (unpaired) electrons. The van der Waals surface area contributed by atoms with E-state index in [0.29, 0.717) is 6.54 Å². The Balaban J connectivity index is 2.88. The van der Waals surface area contributed by atoms with E-state index in [1.165, 1.54) is 27.6 Å². The maximum atomic E-state index is 5.92. The Morgan fingerprint density at radius 1 is 1.18 bits per heavy atom. The quantitative estimate of drug-likeness (QED) is 0.844. The molecule has 2 aromatic rings. The summed E-state index contributed by atoms with van der Waals surface area (Å²) in [5, 5.41) is 1.38. The van der Waals surface area contributed by atoms with Gasteiger partial charge in [0.1, 0.15) is 0 Å². The van der Waals surface area contributed by atoms with Crippen LogP contribution in [0.25, 0.3) is 10.9 Å². The van der Waals surface area contributed by atoms with Gasteiger partial charge in [0.2, 0.25) is 0 Å². The van der Waals surface area contributed by atoms with Crippen molar-refractivity contribution in [1.82, 2.24) is 4.57 Å². The molecule has 0 saturated carbocycles. The molecule has 0 bridgehead atoms. The molecule has 1 aromatic carbocycles. The van der Waals surface area contributed by atoms with Gasteiger partial charge in [-0.25, -0.2) is 0 Å². The van der Waals surface area contributed by atoms with Crippen molar-refractivity contribution in [2.24, 2.45) is 12.8 Å². The Morgan fingerprint density at radius 2 is 1.76 bits per heavy atom. The number of nitrogens with zero attached hydrogens (tertiary/aromatic N) is 1. The second kappa shape index (κ2) is 3.88. The molecule has 92 valence electrons. The lowest BCUT2D eigenvalue weighted by Crippen LogP contribution is -2.27. The highest BCUT2D eigenvalue weighted by molar-refractivity contribution is 5.90. The van der Waals surface area contributed by atoms with Crippen molar-refractivity contribution in [2.45, 2.75) is 33.1 Å². The molecule has 0 amide bonds. The van der Waals surface area contributed by atoms with Crippen LogP contribution in [0, 0.1) is 13.8 Å². The van der Waals surface area contributed by atoms with E-state index in [1.807, 2.05) is 0 Å². The van der Waals surface area contributed by atoms with Crippen LogP contribution >= 0.6 is 0 Å². The SMILES string of the molecule is Cc1ccc(C)c2c1c(C(C)(C)CN)cn2C. The Bertz CT molecular complexity index is 562. The predicted molar refractivity (Wildman–Crippen MR) is 74.5 cm³/mol.